The molecule has 1 aliphatic heterocycles. The Labute approximate surface area is 124 Å². The number of thiocarbonyl (C=S) groups is 1. The second-order valence-electron chi connectivity index (χ2n) is 4.86. The SMILES string of the molecule is O=c1cc(C2NNC(=S)N2)c2c(ccc3ccccc32)o1. The first-order valence-corrected chi connectivity index (χ1v) is 6.91. The third kappa shape index (κ3) is 1.96. The van der Waals surface area contributed by atoms with Crippen molar-refractivity contribution in [2.75, 3.05) is 0 Å². The maximum Gasteiger partial charge on any atom is 0.336 e. The lowest BCUT2D eigenvalue weighted by Gasteiger charge is -2.13. The Morgan fingerprint density at radius 2 is 2.00 bits per heavy atom. The molecule has 2 aromatic carbocycles. The molecule has 3 N–H and O–H groups in total. The Balaban J connectivity index is 2.10. The molecule has 0 amide bonds. The summed E-state index contributed by atoms with van der Waals surface area (Å²) in [6, 6.07) is 13.3. The molecular formula is C15H11N3O2S. The van der Waals surface area contributed by atoms with Crippen LogP contribution in [0.3, 0.4) is 0 Å². The molecular weight excluding hydrogens is 286 g/mol. The molecule has 0 saturated carbocycles. The van der Waals surface area contributed by atoms with Crippen LogP contribution in [0, 0.1) is 0 Å². The van der Waals surface area contributed by atoms with Crippen LogP contribution in [0.4, 0.5) is 0 Å². The lowest BCUT2D eigenvalue weighted by Crippen LogP contribution is -2.27. The molecule has 1 saturated heterocycles. The second kappa shape index (κ2) is 4.54. The van der Waals surface area contributed by atoms with Crippen LogP contribution < -0.4 is 21.8 Å². The van der Waals surface area contributed by atoms with Gasteiger partial charge in [0.25, 0.3) is 0 Å². The first-order chi connectivity index (χ1) is 10.2. The van der Waals surface area contributed by atoms with E-state index in [0.717, 1.165) is 21.7 Å². The maximum atomic E-state index is 11.8. The zero-order valence-corrected chi connectivity index (χ0v) is 11.7. The van der Waals surface area contributed by atoms with E-state index in [9.17, 15) is 4.79 Å². The molecule has 6 heteroatoms. The predicted molar refractivity (Wildman–Crippen MR) is 84.7 cm³/mol. The highest BCUT2D eigenvalue weighted by Gasteiger charge is 2.22. The van der Waals surface area contributed by atoms with Crippen molar-refractivity contribution in [2.45, 2.75) is 6.17 Å². The van der Waals surface area contributed by atoms with Gasteiger partial charge in [0.15, 0.2) is 5.11 Å². The molecule has 1 fully saturated rings. The Morgan fingerprint density at radius 1 is 1.14 bits per heavy atom. The summed E-state index contributed by atoms with van der Waals surface area (Å²) in [6.07, 6.45) is -0.269. The van der Waals surface area contributed by atoms with Gasteiger partial charge in [0.05, 0.1) is 0 Å². The lowest BCUT2D eigenvalue weighted by atomic mass is 10.0. The van der Waals surface area contributed by atoms with Crippen LogP contribution in [0.15, 0.2) is 51.7 Å². The van der Waals surface area contributed by atoms with Gasteiger partial charge in [0, 0.05) is 17.0 Å². The highest BCUT2D eigenvalue weighted by molar-refractivity contribution is 7.80. The fourth-order valence-corrected chi connectivity index (χ4v) is 2.87. The minimum Gasteiger partial charge on any atom is -0.423 e. The van der Waals surface area contributed by atoms with E-state index in [2.05, 4.69) is 16.2 Å². The molecule has 2 heterocycles. The summed E-state index contributed by atoms with van der Waals surface area (Å²) in [5.41, 5.74) is 6.86. The van der Waals surface area contributed by atoms with E-state index < -0.39 is 0 Å². The number of fused-ring (bicyclic) bond motifs is 3. The maximum absolute atomic E-state index is 11.8. The largest absolute Gasteiger partial charge is 0.423 e. The molecule has 1 aliphatic rings. The van der Waals surface area contributed by atoms with E-state index in [1.807, 2.05) is 36.4 Å². The van der Waals surface area contributed by atoms with Gasteiger partial charge in [0.2, 0.25) is 0 Å². The third-order valence-corrected chi connectivity index (χ3v) is 3.80. The topological polar surface area (TPSA) is 66.3 Å². The van der Waals surface area contributed by atoms with Crippen LogP contribution in [0.1, 0.15) is 11.7 Å². The monoisotopic (exact) mass is 297 g/mol. The summed E-state index contributed by atoms with van der Waals surface area (Å²) in [7, 11) is 0. The Morgan fingerprint density at radius 3 is 2.81 bits per heavy atom. The summed E-state index contributed by atoms with van der Waals surface area (Å²) in [5.74, 6) is 0. The number of nitrogens with one attached hydrogen (secondary N) is 3. The van der Waals surface area contributed by atoms with Crippen molar-refractivity contribution >= 4 is 39.1 Å². The fourth-order valence-electron chi connectivity index (χ4n) is 2.70. The molecule has 1 atom stereocenters. The van der Waals surface area contributed by atoms with Crippen molar-refractivity contribution in [3.63, 3.8) is 0 Å². The van der Waals surface area contributed by atoms with Gasteiger partial charge in [0.1, 0.15) is 11.7 Å². The van der Waals surface area contributed by atoms with Gasteiger partial charge >= 0.3 is 5.63 Å². The van der Waals surface area contributed by atoms with E-state index in [-0.39, 0.29) is 11.8 Å². The van der Waals surface area contributed by atoms with Gasteiger partial charge in [-0.15, -0.1) is 0 Å². The average Bonchev–Trinajstić information content (AvgIpc) is 2.92. The van der Waals surface area contributed by atoms with Crippen molar-refractivity contribution in [3.8, 4) is 0 Å². The normalized spacial score (nSPS) is 17.9. The number of benzene rings is 2. The molecule has 0 aliphatic carbocycles. The molecule has 5 nitrogen and oxygen atoms in total. The minimum atomic E-state index is -0.380. The molecule has 1 aromatic heterocycles. The van der Waals surface area contributed by atoms with Crippen LogP contribution in [-0.4, -0.2) is 5.11 Å². The van der Waals surface area contributed by atoms with Gasteiger partial charge in [-0.1, -0.05) is 30.3 Å². The Kier molecular flexibility index (Phi) is 2.66. The van der Waals surface area contributed by atoms with Crippen LogP contribution in [0.5, 0.6) is 0 Å². The highest BCUT2D eigenvalue weighted by Crippen LogP contribution is 2.30. The average molecular weight is 297 g/mol. The van der Waals surface area contributed by atoms with Gasteiger partial charge in [-0.05, 0) is 29.1 Å². The van der Waals surface area contributed by atoms with Crippen LogP contribution in [0.25, 0.3) is 21.7 Å². The standard InChI is InChI=1S/C15H11N3O2S/c19-12-7-10(14-16-15(21)18-17-14)13-9-4-2-1-3-8(9)5-6-11(13)20-12/h1-7,14,17H,(H2,16,18,21). The molecule has 21 heavy (non-hydrogen) atoms. The summed E-state index contributed by atoms with van der Waals surface area (Å²) in [5, 5.41) is 6.62. The number of hydrazine groups is 1. The molecule has 1 unspecified atom stereocenters. The summed E-state index contributed by atoms with van der Waals surface area (Å²) < 4.78 is 5.33. The quantitative estimate of drug-likeness (QED) is 0.362. The third-order valence-electron chi connectivity index (χ3n) is 3.58. The zero-order valence-electron chi connectivity index (χ0n) is 10.8. The molecule has 104 valence electrons. The highest BCUT2D eigenvalue weighted by atomic mass is 32.1. The fraction of sp³-hybridized carbons (Fsp3) is 0.0667. The van der Waals surface area contributed by atoms with Crippen molar-refractivity contribution < 1.29 is 4.42 Å². The van der Waals surface area contributed by atoms with Crippen molar-refractivity contribution in [1.82, 2.24) is 16.2 Å². The zero-order chi connectivity index (χ0) is 14.4. The van der Waals surface area contributed by atoms with Gasteiger partial charge in [-0.2, -0.15) is 0 Å². The van der Waals surface area contributed by atoms with Gasteiger partial charge in [-0.3, -0.25) is 5.43 Å². The first kappa shape index (κ1) is 12.3. The number of hydrogen-bond acceptors (Lipinski definition) is 4. The first-order valence-electron chi connectivity index (χ1n) is 6.50. The molecule has 0 radical (unpaired) electrons. The predicted octanol–water partition coefficient (Wildman–Crippen LogP) is 1.93. The van der Waals surface area contributed by atoms with E-state index >= 15 is 0 Å². The summed E-state index contributed by atoms with van der Waals surface area (Å²) >= 11 is 5.06. The Hall–Kier alpha value is -2.44. The van der Waals surface area contributed by atoms with Gasteiger partial charge < -0.3 is 9.73 Å². The lowest BCUT2D eigenvalue weighted by molar-refractivity contribution is 0.532. The van der Waals surface area contributed by atoms with E-state index in [0.29, 0.717) is 10.7 Å². The Bertz CT molecular complexity index is 935. The van der Waals surface area contributed by atoms with Crippen molar-refractivity contribution in [2.24, 2.45) is 0 Å². The van der Waals surface area contributed by atoms with Crippen LogP contribution in [-0.2, 0) is 0 Å². The van der Waals surface area contributed by atoms with Crippen molar-refractivity contribution in [1.29, 1.82) is 0 Å². The van der Waals surface area contributed by atoms with Crippen LogP contribution in [0.2, 0.25) is 0 Å². The summed E-state index contributed by atoms with van der Waals surface area (Å²) in [6.45, 7) is 0. The van der Waals surface area contributed by atoms with E-state index in [4.69, 9.17) is 16.6 Å². The molecule has 4 rings (SSSR count). The smallest absolute Gasteiger partial charge is 0.336 e. The molecule has 0 bridgehead atoms. The number of hydrogen-bond donors (Lipinski definition) is 3. The van der Waals surface area contributed by atoms with Crippen molar-refractivity contribution in [3.05, 3.63) is 58.4 Å². The number of rotatable bonds is 1. The summed E-state index contributed by atoms with van der Waals surface area (Å²) in [4.78, 5) is 11.8. The van der Waals surface area contributed by atoms with E-state index in [1.165, 1.54) is 6.07 Å². The molecule has 0 spiro atoms. The van der Waals surface area contributed by atoms with Gasteiger partial charge in [-0.25, -0.2) is 10.2 Å². The van der Waals surface area contributed by atoms with E-state index in [1.54, 1.807) is 0 Å². The second-order valence-corrected chi connectivity index (χ2v) is 5.26. The molecule has 3 aromatic rings. The minimum absolute atomic E-state index is 0.269. The van der Waals surface area contributed by atoms with Crippen LogP contribution >= 0.6 is 12.2 Å².